The van der Waals surface area contributed by atoms with Gasteiger partial charge >= 0.3 is 0 Å². The Hall–Kier alpha value is -2.48. The van der Waals surface area contributed by atoms with Crippen molar-refractivity contribution in [2.75, 3.05) is 29.5 Å². The second-order valence-electron chi connectivity index (χ2n) is 6.49. The number of para-hydroxylation sites is 1. The highest BCUT2D eigenvalue weighted by atomic mass is 32.2. The van der Waals surface area contributed by atoms with Gasteiger partial charge in [-0.05, 0) is 32.4 Å². The van der Waals surface area contributed by atoms with Crippen LogP contribution in [0.25, 0.3) is 0 Å². The minimum Gasteiger partial charge on any atom is -0.334 e. The molecule has 1 aliphatic heterocycles. The third-order valence-corrected chi connectivity index (χ3v) is 6.53. The van der Waals surface area contributed by atoms with Gasteiger partial charge in [-0.1, -0.05) is 18.2 Å². The van der Waals surface area contributed by atoms with E-state index in [0.29, 0.717) is 25.3 Å². The minimum absolute atomic E-state index is 0.0234. The van der Waals surface area contributed by atoms with Crippen molar-refractivity contribution in [2.45, 2.75) is 26.3 Å². The fourth-order valence-electron chi connectivity index (χ4n) is 3.43. The highest BCUT2D eigenvalue weighted by Gasteiger charge is 2.34. The quantitative estimate of drug-likeness (QED) is 0.755. The molecule has 0 N–H and O–H groups in total. The first kappa shape index (κ1) is 19.3. The van der Waals surface area contributed by atoms with Gasteiger partial charge in [0.05, 0.1) is 11.5 Å². The van der Waals surface area contributed by atoms with Crippen LogP contribution in [0.5, 0.6) is 0 Å². The summed E-state index contributed by atoms with van der Waals surface area (Å²) >= 11 is 0. The number of aromatic nitrogens is 2. The third-order valence-electron chi connectivity index (χ3n) is 4.78. The van der Waals surface area contributed by atoms with Gasteiger partial charge in [0, 0.05) is 30.9 Å². The summed E-state index contributed by atoms with van der Waals surface area (Å²) in [5.41, 5.74) is 1.26. The Morgan fingerprint density at radius 2 is 1.89 bits per heavy atom. The predicted molar refractivity (Wildman–Crippen MR) is 105 cm³/mol. The standard InChI is InChI=1S/C19H24N4O3S/c1-3-22(15-8-6-5-7-9-15)18-12-17(20-14-21-18)19(24)23(4-2)16-10-11-27(25,26)13-16/h5-9,12,14,16H,3-4,10-11,13H2,1-2H3. The molecule has 1 aromatic carbocycles. The summed E-state index contributed by atoms with van der Waals surface area (Å²) in [5.74, 6) is 0.536. The number of amides is 1. The van der Waals surface area contributed by atoms with Crippen molar-refractivity contribution in [3.63, 3.8) is 0 Å². The molecule has 0 saturated carbocycles. The second-order valence-corrected chi connectivity index (χ2v) is 8.72. The van der Waals surface area contributed by atoms with Gasteiger partial charge < -0.3 is 9.80 Å². The Labute approximate surface area is 160 Å². The number of anilines is 2. The van der Waals surface area contributed by atoms with Crippen LogP contribution in [0.1, 0.15) is 30.8 Å². The van der Waals surface area contributed by atoms with Crippen molar-refractivity contribution >= 4 is 27.2 Å². The third kappa shape index (κ3) is 4.27. The summed E-state index contributed by atoms with van der Waals surface area (Å²) in [7, 11) is -3.06. The number of benzene rings is 1. The molecule has 0 aliphatic carbocycles. The summed E-state index contributed by atoms with van der Waals surface area (Å²) < 4.78 is 23.6. The molecule has 0 bridgehead atoms. The Morgan fingerprint density at radius 3 is 2.48 bits per heavy atom. The number of nitrogens with zero attached hydrogens (tertiary/aromatic N) is 4. The summed E-state index contributed by atoms with van der Waals surface area (Å²) in [6.07, 6.45) is 1.86. The molecule has 7 nitrogen and oxygen atoms in total. The molecule has 0 spiro atoms. The van der Waals surface area contributed by atoms with Crippen LogP contribution < -0.4 is 4.90 Å². The maximum Gasteiger partial charge on any atom is 0.272 e. The van der Waals surface area contributed by atoms with Crippen molar-refractivity contribution in [2.24, 2.45) is 0 Å². The average Bonchev–Trinajstić information content (AvgIpc) is 3.03. The van der Waals surface area contributed by atoms with E-state index in [1.807, 2.05) is 49.1 Å². The number of hydrogen-bond donors (Lipinski definition) is 0. The molecule has 2 aromatic rings. The molecule has 1 saturated heterocycles. The topological polar surface area (TPSA) is 83.5 Å². The summed E-state index contributed by atoms with van der Waals surface area (Å²) in [5, 5.41) is 0. The van der Waals surface area contributed by atoms with Gasteiger partial charge in [0.15, 0.2) is 9.84 Å². The predicted octanol–water partition coefficient (Wildman–Crippen LogP) is 2.28. The van der Waals surface area contributed by atoms with E-state index in [1.165, 1.54) is 6.33 Å². The maximum atomic E-state index is 13.0. The molecule has 1 fully saturated rings. The van der Waals surface area contributed by atoms with E-state index in [-0.39, 0.29) is 29.1 Å². The van der Waals surface area contributed by atoms with Gasteiger partial charge in [-0.15, -0.1) is 0 Å². The van der Waals surface area contributed by atoms with Crippen LogP contribution in [0.3, 0.4) is 0 Å². The van der Waals surface area contributed by atoms with Gasteiger partial charge in [0.2, 0.25) is 0 Å². The molecule has 2 heterocycles. The monoisotopic (exact) mass is 388 g/mol. The Kier molecular flexibility index (Phi) is 5.74. The maximum absolute atomic E-state index is 13.0. The zero-order chi connectivity index (χ0) is 19.4. The Morgan fingerprint density at radius 1 is 1.15 bits per heavy atom. The van der Waals surface area contributed by atoms with E-state index in [4.69, 9.17) is 0 Å². The Balaban J connectivity index is 1.86. The number of hydrogen-bond acceptors (Lipinski definition) is 6. The van der Waals surface area contributed by atoms with Crippen molar-refractivity contribution in [1.82, 2.24) is 14.9 Å². The molecule has 1 aliphatic rings. The Bertz CT molecular complexity index is 902. The first-order valence-electron chi connectivity index (χ1n) is 9.11. The van der Waals surface area contributed by atoms with Gasteiger partial charge in [-0.25, -0.2) is 18.4 Å². The molecule has 0 radical (unpaired) electrons. The molecule has 1 unspecified atom stereocenters. The number of carbonyl (C=O) groups excluding carboxylic acids is 1. The van der Waals surface area contributed by atoms with E-state index in [0.717, 1.165) is 5.69 Å². The minimum atomic E-state index is -3.06. The second kappa shape index (κ2) is 8.04. The zero-order valence-electron chi connectivity index (χ0n) is 15.6. The van der Waals surface area contributed by atoms with Crippen LogP contribution in [0, 0.1) is 0 Å². The largest absolute Gasteiger partial charge is 0.334 e. The van der Waals surface area contributed by atoms with E-state index in [9.17, 15) is 13.2 Å². The smallest absolute Gasteiger partial charge is 0.272 e. The van der Waals surface area contributed by atoms with Crippen molar-refractivity contribution in [3.05, 3.63) is 48.4 Å². The summed E-state index contributed by atoms with van der Waals surface area (Å²) in [4.78, 5) is 25.1. The van der Waals surface area contributed by atoms with E-state index < -0.39 is 9.84 Å². The first-order valence-corrected chi connectivity index (χ1v) is 10.9. The summed E-state index contributed by atoms with van der Waals surface area (Å²) in [6, 6.07) is 11.2. The van der Waals surface area contributed by atoms with Gasteiger partial charge in [0.25, 0.3) is 5.91 Å². The average molecular weight is 388 g/mol. The lowest BCUT2D eigenvalue weighted by Gasteiger charge is -2.27. The highest BCUT2D eigenvalue weighted by molar-refractivity contribution is 7.91. The van der Waals surface area contributed by atoms with E-state index >= 15 is 0 Å². The normalized spacial score (nSPS) is 18.2. The number of rotatable bonds is 6. The molecule has 1 atom stereocenters. The van der Waals surface area contributed by atoms with Gasteiger partial charge in [-0.3, -0.25) is 4.79 Å². The highest BCUT2D eigenvalue weighted by Crippen LogP contribution is 2.24. The first-order chi connectivity index (χ1) is 12.9. The van der Waals surface area contributed by atoms with Crippen molar-refractivity contribution < 1.29 is 13.2 Å². The molecule has 8 heteroatoms. The van der Waals surface area contributed by atoms with E-state index in [2.05, 4.69) is 9.97 Å². The van der Waals surface area contributed by atoms with Gasteiger partial charge in [0.1, 0.15) is 17.8 Å². The van der Waals surface area contributed by atoms with E-state index in [1.54, 1.807) is 11.0 Å². The van der Waals surface area contributed by atoms with Crippen LogP contribution in [0.15, 0.2) is 42.7 Å². The summed E-state index contributed by atoms with van der Waals surface area (Å²) in [6.45, 7) is 4.99. The lowest BCUT2D eigenvalue weighted by molar-refractivity contribution is 0.0702. The fraction of sp³-hybridized carbons (Fsp3) is 0.421. The van der Waals surface area contributed by atoms with Crippen LogP contribution in [0.2, 0.25) is 0 Å². The number of carbonyl (C=O) groups is 1. The van der Waals surface area contributed by atoms with Crippen LogP contribution >= 0.6 is 0 Å². The van der Waals surface area contributed by atoms with Crippen LogP contribution in [-0.2, 0) is 9.84 Å². The lowest BCUT2D eigenvalue weighted by Crippen LogP contribution is -2.41. The molecule has 1 amide bonds. The van der Waals surface area contributed by atoms with Crippen molar-refractivity contribution in [1.29, 1.82) is 0 Å². The molecule has 3 rings (SSSR count). The number of sulfone groups is 1. The molecular formula is C19H24N4O3S. The molecule has 27 heavy (non-hydrogen) atoms. The van der Waals surface area contributed by atoms with Crippen LogP contribution in [0.4, 0.5) is 11.5 Å². The SMILES string of the molecule is CCN(c1ccccc1)c1cc(C(=O)N(CC)C2CCS(=O)(=O)C2)ncn1. The molecule has 1 aromatic heterocycles. The van der Waals surface area contributed by atoms with Crippen LogP contribution in [-0.4, -0.2) is 59.8 Å². The lowest BCUT2D eigenvalue weighted by atomic mass is 10.2. The zero-order valence-corrected chi connectivity index (χ0v) is 16.4. The molecular weight excluding hydrogens is 364 g/mol. The molecule has 144 valence electrons. The van der Waals surface area contributed by atoms with Crippen molar-refractivity contribution in [3.8, 4) is 0 Å². The van der Waals surface area contributed by atoms with Gasteiger partial charge in [-0.2, -0.15) is 0 Å². The fourth-order valence-corrected chi connectivity index (χ4v) is 5.16.